The van der Waals surface area contributed by atoms with Gasteiger partial charge in [0.05, 0.1) is 17.0 Å². The van der Waals surface area contributed by atoms with Crippen LogP contribution in [0.3, 0.4) is 0 Å². The molecule has 9 heteroatoms. The molecule has 1 aromatic carbocycles. The molecule has 1 rings (SSSR count). The van der Waals surface area contributed by atoms with E-state index in [9.17, 15) is 21.6 Å². The Balaban J connectivity index is 2.80. The molecule has 0 aliphatic heterocycles. The lowest BCUT2D eigenvalue weighted by atomic mass is 10.2. The maximum absolute atomic E-state index is 12.6. The Labute approximate surface area is 126 Å². The summed E-state index contributed by atoms with van der Waals surface area (Å²) in [5, 5.41) is 2.71. The van der Waals surface area contributed by atoms with E-state index < -0.39 is 21.8 Å². The molecule has 1 aromatic rings. The first-order valence-corrected chi connectivity index (χ1v) is 8.26. The molecule has 0 atom stereocenters. The monoisotopic (exact) mass is 344 g/mol. The topological polar surface area (TPSA) is 58.2 Å². The molecular formula is C12H16ClF3N2O2S. The second-order valence-electron chi connectivity index (χ2n) is 4.40. The van der Waals surface area contributed by atoms with E-state index in [2.05, 4.69) is 10.0 Å². The van der Waals surface area contributed by atoms with Crippen LogP contribution in [0.2, 0.25) is 5.02 Å². The molecule has 4 nitrogen and oxygen atoms in total. The highest BCUT2D eigenvalue weighted by molar-refractivity contribution is 7.92. The number of anilines is 1. The van der Waals surface area contributed by atoms with Gasteiger partial charge in [-0.1, -0.05) is 18.5 Å². The molecule has 120 valence electrons. The van der Waals surface area contributed by atoms with Crippen molar-refractivity contribution in [3.8, 4) is 0 Å². The Morgan fingerprint density at radius 1 is 1.19 bits per heavy atom. The average Bonchev–Trinajstić information content (AvgIpc) is 2.32. The van der Waals surface area contributed by atoms with Gasteiger partial charge in [-0.15, -0.1) is 0 Å². The van der Waals surface area contributed by atoms with Gasteiger partial charge in [0, 0.05) is 11.6 Å². The maximum Gasteiger partial charge on any atom is 0.416 e. The zero-order valence-corrected chi connectivity index (χ0v) is 12.9. The van der Waals surface area contributed by atoms with Crippen molar-refractivity contribution in [2.75, 3.05) is 23.6 Å². The van der Waals surface area contributed by atoms with Crippen molar-refractivity contribution in [2.45, 2.75) is 19.5 Å². The molecule has 0 aliphatic rings. The molecule has 2 N–H and O–H groups in total. The molecule has 0 fully saturated rings. The molecule has 0 bridgehead atoms. The van der Waals surface area contributed by atoms with E-state index in [1.165, 1.54) is 0 Å². The first-order chi connectivity index (χ1) is 9.64. The normalized spacial score (nSPS) is 12.4. The Morgan fingerprint density at radius 3 is 2.43 bits per heavy atom. The van der Waals surface area contributed by atoms with Gasteiger partial charge in [-0.05, 0) is 31.2 Å². The van der Waals surface area contributed by atoms with E-state index in [1.807, 2.05) is 6.92 Å². The second kappa shape index (κ2) is 7.33. The summed E-state index contributed by atoms with van der Waals surface area (Å²) in [5.74, 6) is -0.235. The van der Waals surface area contributed by atoms with Gasteiger partial charge < -0.3 is 5.32 Å². The fourth-order valence-corrected chi connectivity index (χ4v) is 2.78. The lowest BCUT2D eigenvalue weighted by molar-refractivity contribution is -0.137. The molecule has 0 saturated carbocycles. The van der Waals surface area contributed by atoms with E-state index in [0.717, 1.165) is 18.6 Å². The second-order valence-corrected chi connectivity index (χ2v) is 6.68. The van der Waals surface area contributed by atoms with E-state index in [0.29, 0.717) is 12.6 Å². The molecule has 0 amide bonds. The quantitative estimate of drug-likeness (QED) is 0.747. The molecule has 0 heterocycles. The third kappa shape index (κ3) is 6.54. The standard InChI is InChI=1S/C12H16ClF3N2O2S/c1-2-3-17-4-5-21(19,20)18-11-7-9(12(14,15)16)6-10(13)8-11/h6-8,17-18H,2-5H2,1H3. The van der Waals surface area contributed by atoms with Gasteiger partial charge in [0.1, 0.15) is 0 Å². The first-order valence-electron chi connectivity index (χ1n) is 6.23. The Morgan fingerprint density at radius 2 is 1.86 bits per heavy atom. The lowest BCUT2D eigenvalue weighted by Crippen LogP contribution is -2.27. The van der Waals surface area contributed by atoms with Gasteiger partial charge in [0.25, 0.3) is 0 Å². The fraction of sp³-hybridized carbons (Fsp3) is 0.500. The van der Waals surface area contributed by atoms with E-state index in [4.69, 9.17) is 11.6 Å². The Hall–Kier alpha value is -0.990. The van der Waals surface area contributed by atoms with Crippen LogP contribution in [-0.2, 0) is 16.2 Å². The third-order valence-electron chi connectivity index (χ3n) is 2.47. The number of benzene rings is 1. The van der Waals surface area contributed by atoms with Crippen molar-refractivity contribution in [1.29, 1.82) is 0 Å². The van der Waals surface area contributed by atoms with Crippen LogP contribution < -0.4 is 10.0 Å². The van der Waals surface area contributed by atoms with Crippen molar-refractivity contribution >= 4 is 27.3 Å². The van der Waals surface area contributed by atoms with E-state index in [-0.39, 0.29) is 23.0 Å². The summed E-state index contributed by atoms with van der Waals surface area (Å²) in [5.41, 5.74) is -1.21. The van der Waals surface area contributed by atoms with Crippen LogP contribution in [0.5, 0.6) is 0 Å². The summed E-state index contributed by atoms with van der Waals surface area (Å²) in [6.45, 7) is 2.82. The van der Waals surface area contributed by atoms with Crippen LogP contribution >= 0.6 is 11.6 Å². The molecule has 0 radical (unpaired) electrons. The zero-order chi connectivity index (χ0) is 16.1. The van der Waals surface area contributed by atoms with Crippen molar-refractivity contribution in [2.24, 2.45) is 0 Å². The SMILES string of the molecule is CCCNCCS(=O)(=O)Nc1cc(Cl)cc(C(F)(F)F)c1. The first kappa shape index (κ1) is 18.1. The van der Waals surface area contributed by atoms with Gasteiger partial charge in [-0.2, -0.15) is 13.2 Å². The van der Waals surface area contributed by atoms with Crippen molar-refractivity contribution < 1.29 is 21.6 Å². The summed E-state index contributed by atoms with van der Waals surface area (Å²) in [6, 6.07) is 2.58. The summed E-state index contributed by atoms with van der Waals surface area (Å²) >= 11 is 5.58. The van der Waals surface area contributed by atoms with Crippen molar-refractivity contribution in [3.63, 3.8) is 0 Å². The number of alkyl halides is 3. The van der Waals surface area contributed by atoms with Gasteiger partial charge in [-0.3, -0.25) is 4.72 Å². The predicted molar refractivity (Wildman–Crippen MR) is 77.0 cm³/mol. The van der Waals surface area contributed by atoms with Crippen LogP contribution in [0.4, 0.5) is 18.9 Å². The number of rotatable bonds is 7. The Bertz CT molecular complexity index is 576. The van der Waals surface area contributed by atoms with Crippen molar-refractivity contribution in [1.82, 2.24) is 5.32 Å². The summed E-state index contributed by atoms with van der Waals surface area (Å²) in [6.07, 6.45) is -3.73. The number of nitrogens with one attached hydrogen (secondary N) is 2. The molecule has 0 aliphatic carbocycles. The molecule has 0 unspecified atom stereocenters. The molecule has 21 heavy (non-hydrogen) atoms. The average molecular weight is 345 g/mol. The van der Waals surface area contributed by atoms with E-state index in [1.54, 1.807) is 0 Å². The van der Waals surface area contributed by atoms with Crippen LogP contribution in [0, 0.1) is 0 Å². The fourth-order valence-electron chi connectivity index (χ4n) is 1.55. The highest BCUT2D eigenvalue weighted by atomic mass is 35.5. The number of hydrogen-bond acceptors (Lipinski definition) is 3. The molecule has 0 aromatic heterocycles. The van der Waals surface area contributed by atoms with Gasteiger partial charge >= 0.3 is 6.18 Å². The van der Waals surface area contributed by atoms with E-state index >= 15 is 0 Å². The van der Waals surface area contributed by atoms with Crippen LogP contribution in [0.1, 0.15) is 18.9 Å². The number of sulfonamides is 1. The number of halogens is 4. The third-order valence-corrected chi connectivity index (χ3v) is 3.98. The van der Waals surface area contributed by atoms with Crippen LogP contribution in [-0.4, -0.2) is 27.3 Å². The van der Waals surface area contributed by atoms with Crippen LogP contribution in [0.25, 0.3) is 0 Å². The smallest absolute Gasteiger partial charge is 0.316 e. The largest absolute Gasteiger partial charge is 0.416 e. The minimum absolute atomic E-state index is 0.188. The lowest BCUT2D eigenvalue weighted by Gasteiger charge is -2.12. The molecular weight excluding hydrogens is 329 g/mol. The minimum atomic E-state index is -4.59. The summed E-state index contributed by atoms with van der Waals surface area (Å²) in [7, 11) is -3.73. The van der Waals surface area contributed by atoms with Gasteiger partial charge in [-0.25, -0.2) is 8.42 Å². The van der Waals surface area contributed by atoms with Crippen molar-refractivity contribution in [3.05, 3.63) is 28.8 Å². The molecule has 0 spiro atoms. The molecule has 0 saturated heterocycles. The van der Waals surface area contributed by atoms with Gasteiger partial charge in [0.15, 0.2) is 0 Å². The van der Waals surface area contributed by atoms with Gasteiger partial charge in [0.2, 0.25) is 10.0 Å². The minimum Gasteiger partial charge on any atom is -0.316 e. The summed E-state index contributed by atoms with van der Waals surface area (Å²) < 4.78 is 63.5. The predicted octanol–water partition coefficient (Wildman–Crippen LogP) is 3.10. The maximum atomic E-state index is 12.6. The number of hydrogen-bond donors (Lipinski definition) is 2. The summed E-state index contributed by atoms with van der Waals surface area (Å²) in [4.78, 5) is 0. The Kier molecular flexibility index (Phi) is 6.30. The zero-order valence-electron chi connectivity index (χ0n) is 11.3. The van der Waals surface area contributed by atoms with Crippen LogP contribution in [0.15, 0.2) is 18.2 Å². The highest BCUT2D eigenvalue weighted by Gasteiger charge is 2.31. The highest BCUT2D eigenvalue weighted by Crippen LogP contribution is 2.33.